The summed E-state index contributed by atoms with van der Waals surface area (Å²) in [7, 11) is 0. The van der Waals surface area contributed by atoms with Crippen molar-refractivity contribution in [2.75, 3.05) is 57.7 Å². The topological polar surface area (TPSA) is 57.1 Å². The molecule has 100 valence electrons. The van der Waals surface area contributed by atoms with E-state index in [2.05, 4.69) is 36.7 Å². The van der Waals surface area contributed by atoms with Crippen LogP contribution in [0.1, 0.15) is 6.04 Å². The number of rotatable bonds is 5. The molecule has 0 atom stereocenters. The Morgan fingerprint density at radius 2 is 2.11 bits per heavy atom. The molecule has 1 aromatic heterocycles. The van der Waals surface area contributed by atoms with Crippen LogP contribution in [-0.2, 0) is 0 Å². The van der Waals surface area contributed by atoms with Crippen molar-refractivity contribution in [3.8, 4) is 0 Å². The summed E-state index contributed by atoms with van der Waals surface area (Å²) in [5.41, 5.74) is 0. The van der Waals surface area contributed by atoms with E-state index < -0.39 is 0 Å². The molecule has 2 aliphatic rings. The maximum Gasteiger partial charge on any atom is 0.124 e. The molecular formula is C12H22N6. The van der Waals surface area contributed by atoms with E-state index >= 15 is 0 Å². The van der Waals surface area contributed by atoms with Gasteiger partial charge in [-0.25, -0.2) is 4.68 Å². The second-order valence-corrected chi connectivity index (χ2v) is 4.99. The molecule has 3 rings (SSSR count). The summed E-state index contributed by atoms with van der Waals surface area (Å²) in [6.45, 7) is 8.72. The lowest BCUT2D eigenvalue weighted by Crippen LogP contribution is -2.45. The van der Waals surface area contributed by atoms with Gasteiger partial charge in [-0.15, -0.1) is 0 Å². The van der Waals surface area contributed by atoms with Gasteiger partial charge in [0.25, 0.3) is 0 Å². The van der Waals surface area contributed by atoms with E-state index in [1.54, 1.807) is 0 Å². The van der Waals surface area contributed by atoms with Crippen molar-refractivity contribution in [1.29, 1.82) is 0 Å². The van der Waals surface area contributed by atoms with E-state index in [4.69, 9.17) is 0 Å². The summed E-state index contributed by atoms with van der Waals surface area (Å²) in [6.07, 6.45) is 1.88. The quantitative estimate of drug-likeness (QED) is 0.648. The molecule has 0 bridgehead atoms. The highest BCUT2D eigenvalue weighted by Gasteiger charge is 2.21. The van der Waals surface area contributed by atoms with Gasteiger partial charge in [-0.05, 0) is 0 Å². The minimum absolute atomic E-state index is 0.529. The SMILES string of the molecule is c1cc(NCCN2CCNCC2)n(C2CNC2)n1. The highest BCUT2D eigenvalue weighted by atomic mass is 15.4. The van der Waals surface area contributed by atoms with Gasteiger partial charge in [-0.3, -0.25) is 4.90 Å². The summed E-state index contributed by atoms with van der Waals surface area (Å²) in [5.74, 6) is 1.15. The molecule has 0 radical (unpaired) electrons. The number of anilines is 1. The first kappa shape index (κ1) is 12.0. The molecule has 0 saturated carbocycles. The summed E-state index contributed by atoms with van der Waals surface area (Å²) in [6, 6.07) is 2.59. The Kier molecular flexibility index (Phi) is 3.78. The lowest BCUT2D eigenvalue weighted by Gasteiger charge is -2.30. The van der Waals surface area contributed by atoms with Crippen LogP contribution in [0, 0.1) is 0 Å². The standard InChI is InChI=1S/C12H22N6/c1-2-16-18(11-9-14-10-11)12(1)15-5-8-17-6-3-13-4-7-17/h1-2,11,13-15H,3-10H2. The van der Waals surface area contributed by atoms with E-state index in [1.807, 2.05) is 6.20 Å². The lowest BCUT2D eigenvalue weighted by atomic mass is 10.2. The largest absolute Gasteiger partial charge is 0.369 e. The molecule has 3 heterocycles. The summed E-state index contributed by atoms with van der Waals surface area (Å²) >= 11 is 0. The number of hydrogen-bond acceptors (Lipinski definition) is 5. The van der Waals surface area contributed by atoms with Crippen molar-refractivity contribution in [3.63, 3.8) is 0 Å². The van der Waals surface area contributed by atoms with E-state index in [1.165, 1.54) is 0 Å². The van der Waals surface area contributed by atoms with E-state index in [-0.39, 0.29) is 0 Å². The molecule has 0 aliphatic carbocycles. The van der Waals surface area contributed by atoms with Crippen LogP contribution in [0.25, 0.3) is 0 Å². The average molecular weight is 250 g/mol. The van der Waals surface area contributed by atoms with Gasteiger partial charge in [0.1, 0.15) is 5.82 Å². The maximum atomic E-state index is 4.39. The number of piperazine rings is 1. The number of nitrogens with zero attached hydrogens (tertiary/aromatic N) is 3. The van der Waals surface area contributed by atoms with Gasteiger partial charge >= 0.3 is 0 Å². The van der Waals surface area contributed by atoms with Gasteiger partial charge in [0.2, 0.25) is 0 Å². The minimum atomic E-state index is 0.529. The first-order chi connectivity index (χ1) is 8.93. The van der Waals surface area contributed by atoms with Crippen molar-refractivity contribution >= 4 is 5.82 Å². The summed E-state index contributed by atoms with van der Waals surface area (Å²) < 4.78 is 2.11. The molecule has 3 N–H and O–H groups in total. The van der Waals surface area contributed by atoms with Gasteiger partial charge < -0.3 is 16.0 Å². The van der Waals surface area contributed by atoms with E-state index in [0.29, 0.717) is 6.04 Å². The van der Waals surface area contributed by atoms with Crippen molar-refractivity contribution in [2.24, 2.45) is 0 Å². The Morgan fingerprint density at radius 1 is 1.28 bits per heavy atom. The van der Waals surface area contributed by atoms with Crippen LogP contribution in [-0.4, -0.2) is 67.0 Å². The van der Waals surface area contributed by atoms with Crippen molar-refractivity contribution in [1.82, 2.24) is 25.3 Å². The summed E-state index contributed by atoms with van der Waals surface area (Å²) in [4.78, 5) is 2.50. The number of hydrogen-bond donors (Lipinski definition) is 3. The highest BCUT2D eigenvalue weighted by Crippen LogP contribution is 2.16. The molecule has 0 aromatic carbocycles. The highest BCUT2D eigenvalue weighted by molar-refractivity contribution is 5.34. The zero-order valence-electron chi connectivity index (χ0n) is 10.7. The monoisotopic (exact) mass is 250 g/mol. The molecule has 0 spiro atoms. The molecule has 6 nitrogen and oxygen atoms in total. The zero-order valence-corrected chi connectivity index (χ0v) is 10.7. The van der Waals surface area contributed by atoms with Crippen molar-refractivity contribution < 1.29 is 0 Å². The third kappa shape index (κ3) is 2.66. The zero-order chi connectivity index (χ0) is 12.2. The van der Waals surface area contributed by atoms with Gasteiger partial charge in [0.15, 0.2) is 0 Å². The van der Waals surface area contributed by atoms with Gasteiger partial charge in [0.05, 0.1) is 12.2 Å². The fraction of sp³-hybridized carbons (Fsp3) is 0.750. The van der Waals surface area contributed by atoms with E-state index in [0.717, 1.165) is 58.2 Å². The minimum Gasteiger partial charge on any atom is -0.369 e. The molecular weight excluding hydrogens is 228 g/mol. The van der Waals surface area contributed by atoms with Crippen LogP contribution in [0.2, 0.25) is 0 Å². The predicted octanol–water partition coefficient (Wildman–Crippen LogP) is -0.655. The van der Waals surface area contributed by atoms with Crippen molar-refractivity contribution in [2.45, 2.75) is 6.04 Å². The van der Waals surface area contributed by atoms with Crippen LogP contribution in [0.3, 0.4) is 0 Å². The maximum absolute atomic E-state index is 4.39. The summed E-state index contributed by atoms with van der Waals surface area (Å²) in [5, 5.41) is 14.5. The van der Waals surface area contributed by atoms with Crippen LogP contribution in [0.4, 0.5) is 5.82 Å². The Balaban J connectivity index is 1.46. The molecule has 1 aromatic rings. The normalized spacial score (nSPS) is 21.8. The van der Waals surface area contributed by atoms with Crippen LogP contribution in [0.5, 0.6) is 0 Å². The van der Waals surface area contributed by atoms with Gasteiger partial charge in [0, 0.05) is 58.4 Å². The molecule has 0 unspecified atom stereocenters. The first-order valence-corrected chi connectivity index (χ1v) is 6.84. The van der Waals surface area contributed by atoms with Gasteiger partial charge in [-0.2, -0.15) is 5.10 Å². The molecule has 2 saturated heterocycles. The molecule has 6 heteroatoms. The average Bonchev–Trinajstić information content (AvgIpc) is 2.77. The van der Waals surface area contributed by atoms with Gasteiger partial charge in [-0.1, -0.05) is 0 Å². The molecule has 2 fully saturated rings. The Hall–Kier alpha value is -1.11. The Bertz CT molecular complexity index is 366. The van der Waals surface area contributed by atoms with Crippen LogP contribution < -0.4 is 16.0 Å². The Morgan fingerprint density at radius 3 is 2.83 bits per heavy atom. The number of nitrogens with one attached hydrogen (secondary N) is 3. The first-order valence-electron chi connectivity index (χ1n) is 6.84. The second kappa shape index (κ2) is 5.69. The van der Waals surface area contributed by atoms with Crippen LogP contribution >= 0.6 is 0 Å². The molecule has 18 heavy (non-hydrogen) atoms. The second-order valence-electron chi connectivity index (χ2n) is 4.99. The van der Waals surface area contributed by atoms with Crippen LogP contribution in [0.15, 0.2) is 12.3 Å². The van der Waals surface area contributed by atoms with E-state index in [9.17, 15) is 0 Å². The lowest BCUT2D eigenvalue weighted by molar-refractivity contribution is 0.249. The van der Waals surface area contributed by atoms with Crippen molar-refractivity contribution in [3.05, 3.63) is 12.3 Å². The Labute approximate surface area is 108 Å². The predicted molar refractivity (Wildman–Crippen MR) is 71.9 cm³/mol. The third-order valence-corrected chi connectivity index (χ3v) is 3.72. The smallest absolute Gasteiger partial charge is 0.124 e. The third-order valence-electron chi connectivity index (χ3n) is 3.72. The fourth-order valence-electron chi connectivity index (χ4n) is 2.47. The molecule has 2 aliphatic heterocycles. The molecule has 0 amide bonds. The number of aromatic nitrogens is 2. The fourth-order valence-corrected chi connectivity index (χ4v) is 2.47.